The molecule has 0 aliphatic carbocycles. The number of morpholine rings is 1. The largest absolute Gasteiger partial charge is 0.497 e. The van der Waals surface area contributed by atoms with Crippen molar-refractivity contribution in [3.8, 4) is 5.75 Å². The highest BCUT2D eigenvalue weighted by atomic mass is 16.5. The lowest BCUT2D eigenvalue weighted by Gasteiger charge is -2.34. The Morgan fingerprint density at radius 1 is 1.47 bits per heavy atom. The van der Waals surface area contributed by atoms with Gasteiger partial charge in [0.15, 0.2) is 5.54 Å². The minimum absolute atomic E-state index is 0.134. The van der Waals surface area contributed by atoms with Crippen LogP contribution in [-0.4, -0.2) is 37.9 Å². The molecule has 0 spiro atoms. The minimum Gasteiger partial charge on any atom is -0.497 e. The van der Waals surface area contributed by atoms with Gasteiger partial charge in [-0.3, -0.25) is 5.32 Å². The van der Waals surface area contributed by atoms with Gasteiger partial charge in [0.05, 0.1) is 20.3 Å². The highest BCUT2D eigenvalue weighted by molar-refractivity contribution is 5.81. The fourth-order valence-corrected chi connectivity index (χ4v) is 1.93. The first-order valence-electron chi connectivity index (χ1n) is 5.40. The number of ether oxygens (including phenoxy) is 2. The summed E-state index contributed by atoms with van der Waals surface area (Å²) in [6.45, 7) is 1.19. The van der Waals surface area contributed by atoms with Gasteiger partial charge in [-0.2, -0.15) is 0 Å². The van der Waals surface area contributed by atoms with Crippen molar-refractivity contribution in [3.63, 3.8) is 0 Å². The lowest BCUT2D eigenvalue weighted by Crippen LogP contribution is -2.56. The Hall–Kier alpha value is -1.59. The van der Waals surface area contributed by atoms with Crippen LogP contribution in [0, 0.1) is 0 Å². The third kappa shape index (κ3) is 2.11. The van der Waals surface area contributed by atoms with Crippen molar-refractivity contribution in [1.29, 1.82) is 0 Å². The van der Waals surface area contributed by atoms with Crippen LogP contribution < -0.4 is 10.1 Å². The molecular formula is C12H15NO4. The number of carboxylic acids is 1. The second-order valence-electron chi connectivity index (χ2n) is 3.92. The molecular weight excluding hydrogens is 222 g/mol. The summed E-state index contributed by atoms with van der Waals surface area (Å²) in [5.41, 5.74) is -0.477. The molecule has 5 heteroatoms. The van der Waals surface area contributed by atoms with Crippen molar-refractivity contribution in [3.05, 3.63) is 29.8 Å². The maximum absolute atomic E-state index is 11.5. The van der Waals surface area contributed by atoms with Crippen molar-refractivity contribution in [2.24, 2.45) is 0 Å². The minimum atomic E-state index is -1.15. The second-order valence-corrected chi connectivity index (χ2v) is 3.92. The summed E-state index contributed by atoms with van der Waals surface area (Å²) in [5, 5.41) is 12.4. The van der Waals surface area contributed by atoms with Crippen LogP contribution in [0.2, 0.25) is 0 Å². The van der Waals surface area contributed by atoms with Crippen molar-refractivity contribution in [2.75, 3.05) is 26.9 Å². The number of benzene rings is 1. The lowest BCUT2D eigenvalue weighted by atomic mass is 9.90. The molecule has 1 aliphatic heterocycles. The molecule has 5 nitrogen and oxygen atoms in total. The quantitative estimate of drug-likeness (QED) is 0.805. The zero-order chi connectivity index (χ0) is 12.3. The highest BCUT2D eigenvalue weighted by Crippen LogP contribution is 2.26. The number of methoxy groups -OCH3 is 1. The summed E-state index contributed by atoms with van der Waals surface area (Å²) < 4.78 is 10.3. The van der Waals surface area contributed by atoms with Crippen LogP contribution >= 0.6 is 0 Å². The van der Waals surface area contributed by atoms with Crippen LogP contribution in [0.25, 0.3) is 0 Å². The Balaban J connectivity index is 2.34. The van der Waals surface area contributed by atoms with E-state index in [1.165, 1.54) is 0 Å². The molecule has 1 unspecified atom stereocenters. The molecule has 1 aromatic rings. The summed E-state index contributed by atoms with van der Waals surface area (Å²) >= 11 is 0. The van der Waals surface area contributed by atoms with E-state index in [1.807, 2.05) is 0 Å². The van der Waals surface area contributed by atoms with E-state index in [2.05, 4.69) is 5.32 Å². The van der Waals surface area contributed by atoms with Crippen molar-refractivity contribution in [1.82, 2.24) is 5.32 Å². The van der Waals surface area contributed by atoms with Gasteiger partial charge in [0.1, 0.15) is 5.75 Å². The smallest absolute Gasteiger partial charge is 0.331 e. The maximum atomic E-state index is 11.5. The van der Waals surface area contributed by atoms with E-state index in [0.29, 0.717) is 24.5 Å². The molecule has 1 saturated heterocycles. The number of carboxylic acid groups (broad SMARTS) is 1. The Bertz CT molecular complexity index is 395. The molecule has 0 aromatic heterocycles. The summed E-state index contributed by atoms with van der Waals surface area (Å²) in [7, 11) is 1.57. The van der Waals surface area contributed by atoms with Crippen molar-refractivity contribution < 1.29 is 19.4 Å². The summed E-state index contributed by atoms with van der Waals surface area (Å²) in [4.78, 5) is 11.5. The third-order valence-electron chi connectivity index (χ3n) is 2.94. The molecule has 0 radical (unpaired) electrons. The van der Waals surface area contributed by atoms with Crippen LogP contribution in [0.1, 0.15) is 5.56 Å². The maximum Gasteiger partial charge on any atom is 0.331 e. The van der Waals surface area contributed by atoms with Gasteiger partial charge in [0.25, 0.3) is 0 Å². The number of hydrogen-bond donors (Lipinski definition) is 2. The Labute approximate surface area is 99.3 Å². The standard InChI is InChI=1S/C12H15NO4/c1-16-10-4-2-9(3-5-10)12(11(14)15)8-17-7-6-13-12/h2-5,13H,6-8H2,1H3,(H,14,15). The number of hydrogen-bond acceptors (Lipinski definition) is 4. The van der Waals surface area contributed by atoms with Gasteiger partial charge in [-0.1, -0.05) is 12.1 Å². The van der Waals surface area contributed by atoms with Crippen molar-refractivity contribution in [2.45, 2.75) is 5.54 Å². The van der Waals surface area contributed by atoms with Gasteiger partial charge in [-0.05, 0) is 17.7 Å². The van der Waals surface area contributed by atoms with E-state index in [9.17, 15) is 9.90 Å². The van der Waals surface area contributed by atoms with Gasteiger partial charge >= 0.3 is 5.97 Å². The molecule has 1 fully saturated rings. The predicted octanol–water partition coefficient (Wildman–Crippen LogP) is 0.595. The number of rotatable bonds is 3. The topological polar surface area (TPSA) is 67.8 Å². The zero-order valence-electron chi connectivity index (χ0n) is 9.60. The molecule has 1 heterocycles. The van der Waals surface area contributed by atoms with Gasteiger partial charge in [-0.15, -0.1) is 0 Å². The van der Waals surface area contributed by atoms with Crippen LogP contribution in [-0.2, 0) is 15.1 Å². The lowest BCUT2D eigenvalue weighted by molar-refractivity contribution is -0.151. The van der Waals surface area contributed by atoms with E-state index in [4.69, 9.17) is 9.47 Å². The normalized spacial score (nSPS) is 24.3. The first-order chi connectivity index (χ1) is 8.19. The van der Waals surface area contributed by atoms with E-state index in [-0.39, 0.29) is 6.61 Å². The molecule has 1 aromatic carbocycles. The first-order valence-corrected chi connectivity index (χ1v) is 5.40. The van der Waals surface area contributed by atoms with Gasteiger partial charge in [0.2, 0.25) is 0 Å². The number of nitrogens with one attached hydrogen (secondary N) is 1. The second kappa shape index (κ2) is 4.73. The summed E-state index contributed by atoms with van der Waals surface area (Å²) in [5.74, 6) is -0.228. The van der Waals surface area contributed by atoms with Gasteiger partial charge in [-0.25, -0.2) is 4.79 Å². The molecule has 92 valence electrons. The number of carbonyl (C=O) groups is 1. The number of aliphatic carboxylic acids is 1. The first kappa shape index (κ1) is 11.9. The molecule has 0 saturated carbocycles. The Morgan fingerprint density at radius 3 is 2.65 bits per heavy atom. The third-order valence-corrected chi connectivity index (χ3v) is 2.94. The molecule has 0 bridgehead atoms. The van der Waals surface area contributed by atoms with Crippen LogP contribution in [0.5, 0.6) is 5.75 Å². The fraction of sp³-hybridized carbons (Fsp3) is 0.417. The highest BCUT2D eigenvalue weighted by Gasteiger charge is 2.42. The monoisotopic (exact) mass is 237 g/mol. The van der Waals surface area contributed by atoms with Crippen molar-refractivity contribution >= 4 is 5.97 Å². The fourth-order valence-electron chi connectivity index (χ4n) is 1.93. The van der Waals surface area contributed by atoms with Crippen LogP contribution in [0.3, 0.4) is 0 Å². The van der Waals surface area contributed by atoms with Crippen LogP contribution in [0.4, 0.5) is 0 Å². The molecule has 1 aliphatic rings. The van der Waals surface area contributed by atoms with E-state index < -0.39 is 11.5 Å². The summed E-state index contributed by atoms with van der Waals surface area (Å²) in [6, 6.07) is 6.98. The zero-order valence-corrected chi connectivity index (χ0v) is 9.60. The molecule has 17 heavy (non-hydrogen) atoms. The predicted molar refractivity (Wildman–Crippen MR) is 61.1 cm³/mol. The van der Waals surface area contributed by atoms with Crippen LogP contribution in [0.15, 0.2) is 24.3 Å². The average Bonchev–Trinajstić information content (AvgIpc) is 2.39. The van der Waals surface area contributed by atoms with Gasteiger partial charge in [0, 0.05) is 6.54 Å². The molecule has 1 atom stereocenters. The average molecular weight is 237 g/mol. The molecule has 2 N–H and O–H groups in total. The Kier molecular flexibility index (Phi) is 3.31. The van der Waals surface area contributed by atoms with E-state index >= 15 is 0 Å². The SMILES string of the molecule is COc1ccc(C2(C(=O)O)COCCN2)cc1. The van der Waals surface area contributed by atoms with E-state index in [0.717, 1.165) is 0 Å². The van der Waals surface area contributed by atoms with Gasteiger partial charge < -0.3 is 14.6 Å². The molecule has 2 rings (SSSR count). The van der Waals surface area contributed by atoms with E-state index in [1.54, 1.807) is 31.4 Å². The summed E-state index contributed by atoms with van der Waals surface area (Å²) in [6.07, 6.45) is 0. The molecule has 0 amide bonds. The Morgan fingerprint density at radius 2 is 2.18 bits per heavy atom.